The van der Waals surface area contributed by atoms with Gasteiger partial charge in [-0.15, -0.1) is 0 Å². The molecule has 2 rings (SSSR count). The van der Waals surface area contributed by atoms with E-state index in [0.717, 1.165) is 18.4 Å². The number of benzene rings is 1. The van der Waals surface area contributed by atoms with E-state index in [0.29, 0.717) is 17.5 Å². The molecule has 0 spiro atoms. The fourth-order valence-corrected chi connectivity index (χ4v) is 3.18. The highest BCUT2D eigenvalue weighted by Crippen LogP contribution is 2.30. The fraction of sp³-hybridized carbons (Fsp3) is 0.625. The summed E-state index contributed by atoms with van der Waals surface area (Å²) in [4.78, 5) is 0. The Labute approximate surface area is 114 Å². The van der Waals surface area contributed by atoms with E-state index in [2.05, 4.69) is 19.2 Å². The zero-order valence-electron chi connectivity index (χ0n) is 11.9. The maximum atomic E-state index is 13.8. The number of nitrogens with one attached hydrogen (secondary N) is 1. The van der Waals surface area contributed by atoms with Gasteiger partial charge >= 0.3 is 0 Å². The van der Waals surface area contributed by atoms with Crippen molar-refractivity contribution < 1.29 is 8.78 Å². The van der Waals surface area contributed by atoms with Gasteiger partial charge in [0.05, 0.1) is 0 Å². The first kappa shape index (κ1) is 14.4. The normalized spacial score (nSPS) is 29.2. The van der Waals surface area contributed by atoms with Crippen LogP contribution in [-0.2, 0) is 0 Å². The monoisotopic (exact) mass is 267 g/mol. The second-order valence-electron chi connectivity index (χ2n) is 6.03. The van der Waals surface area contributed by atoms with Crippen molar-refractivity contribution in [3.8, 4) is 0 Å². The van der Waals surface area contributed by atoms with Gasteiger partial charge in [-0.25, -0.2) is 8.78 Å². The third-order valence-electron chi connectivity index (χ3n) is 4.34. The van der Waals surface area contributed by atoms with Crippen molar-refractivity contribution in [1.29, 1.82) is 0 Å². The van der Waals surface area contributed by atoms with E-state index >= 15 is 0 Å². The molecule has 0 heterocycles. The average molecular weight is 267 g/mol. The van der Waals surface area contributed by atoms with Crippen LogP contribution in [-0.4, -0.2) is 6.04 Å². The van der Waals surface area contributed by atoms with Crippen LogP contribution in [0.25, 0.3) is 0 Å². The minimum atomic E-state index is -0.767. The van der Waals surface area contributed by atoms with Crippen molar-refractivity contribution in [2.75, 3.05) is 0 Å². The van der Waals surface area contributed by atoms with Crippen LogP contribution in [0.2, 0.25) is 0 Å². The van der Waals surface area contributed by atoms with Crippen molar-refractivity contribution in [3.05, 3.63) is 35.4 Å². The molecule has 0 aliphatic heterocycles. The quantitative estimate of drug-likeness (QED) is 0.853. The molecule has 1 nitrogen and oxygen atoms in total. The van der Waals surface area contributed by atoms with Crippen LogP contribution in [0.15, 0.2) is 18.2 Å². The Morgan fingerprint density at radius 1 is 1.21 bits per heavy atom. The van der Waals surface area contributed by atoms with Crippen molar-refractivity contribution in [2.24, 2.45) is 11.8 Å². The third-order valence-corrected chi connectivity index (χ3v) is 4.34. The predicted octanol–water partition coefficient (Wildman–Crippen LogP) is 4.44. The number of rotatable bonds is 3. The molecule has 0 aromatic heterocycles. The first-order valence-corrected chi connectivity index (χ1v) is 7.19. The van der Waals surface area contributed by atoms with Gasteiger partial charge in [-0.3, -0.25) is 0 Å². The number of halogens is 2. The summed E-state index contributed by atoms with van der Waals surface area (Å²) in [5.41, 5.74) is 0.422. The molecule has 1 aromatic carbocycles. The van der Waals surface area contributed by atoms with Gasteiger partial charge in [0.15, 0.2) is 11.6 Å². The van der Waals surface area contributed by atoms with Crippen LogP contribution >= 0.6 is 0 Å². The molecule has 1 aliphatic rings. The standard InChI is InChI=1S/C16H23F2N/c1-10-7-8-15(11(2)9-10)19-12(3)13-5-4-6-14(17)16(13)18/h4-6,10-12,15,19H,7-9H2,1-3H3. The van der Waals surface area contributed by atoms with Crippen molar-refractivity contribution in [1.82, 2.24) is 5.32 Å². The van der Waals surface area contributed by atoms with Gasteiger partial charge in [-0.2, -0.15) is 0 Å². The first-order chi connectivity index (χ1) is 8.99. The van der Waals surface area contributed by atoms with Gasteiger partial charge < -0.3 is 5.32 Å². The second-order valence-corrected chi connectivity index (χ2v) is 6.03. The zero-order valence-corrected chi connectivity index (χ0v) is 11.9. The van der Waals surface area contributed by atoms with E-state index in [-0.39, 0.29) is 6.04 Å². The fourth-order valence-electron chi connectivity index (χ4n) is 3.18. The zero-order chi connectivity index (χ0) is 14.0. The van der Waals surface area contributed by atoms with Gasteiger partial charge in [0, 0.05) is 17.6 Å². The third kappa shape index (κ3) is 3.33. The smallest absolute Gasteiger partial charge is 0.163 e. The average Bonchev–Trinajstić information content (AvgIpc) is 2.36. The van der Waals surface area contributed by atoms with E-state index in [1.807, 2.05) is 6.92 Å². The number of hydrogen-bond donors (Lipinski definition) is 1. The lowest BCUT2D eigenvalue weighted by Crippen LogP contribution is -2.40. The van der Waals surface area contributed by atoms with E-state index in [9.17, 15) is 8.78 Å². The van der Waals surface area contributed by atoms with Gasteiger partial charge in [-0.05, 0) is 44.1 Å². The SMILES string of the molecule is CC1CCC(NC(C)c2cccc(F)c2F)C(C)C1. The first-order valence-electron chi connectivity index (χ1n) is 7.19. The van der Waals surface area contributed by atoms with E-state index in [1.165, 1.54) is 12.8 Å². The summed E-state index contributed by atoms with van der Waals surface area (Å²) in [7, 11) is 0. The lowest BCUT2D eigenvalue weighted by Gasteiger charge is -2.35. The van der Waals surface area contributed by atoms with Gasteiger partial charge in [0.2, 0.25) is 0 Å². The van der Waals surface area contributed by atoms with Crippen LogP contribution in [0.3, 0.4) is 0 Å². The predicted molar refractivity (Wildman–Crippen MR) is 73.9 cm³/mol. The Kier molecular flexibility index (Phi) is 4.56. The van der Waals surface area contributed by atoms with Gasteiger partial charge in [0.25, 0.3) is 0 Å². The molecule has 1 aromatic rings. The maximum Gasteiger partial charge on any atom is 0.163 e. The molecular formula is C16H23F2N. The topological polar surface area (TPSA) is 12.0 Å². The lowest BCUT2D eigenvalue weighted by molar-refractivity contribution is 0.215. The van der Waals surface area contributed by atoms with Crippen LogP contribution in [0, 0.1) is 23.5 Å². The Bertz CT molecular complexity index is 433. The molecular weight excluding hydrogens is 244 g/mol. The van der Waals surface area contributed by atoms with E-state index in [4.69, 9.17) is 0 Å². The van der Waals surface area contributed by atoms with Crippen LogP contribution in [0.1, 0.15) is 51.6 Å². The summed E-state index contributed by atoms with van der Waals surface area (Å²) in [5.74, 6) is -0.132. The minimum absolute atomic E-state index is 0.156. The molecule has 4 atom stereocenters. The molecule has 3 heteroatoms. The lowest BCUT2D eigenvalue weighted by atomic mass is 9.79. The molecule has 0 bridgehead atoms. The number of hydrogen-bond acceptors (Lipinski definition) is 1. The van der Waals surface area contributed by atoms with Crippen molar-refractivity contribution in [2.45, 2.75) is 52.1 Å². The van der Waals surface area contributed by atoms with Gasteiger partial charge in [-0.1, -0.05) is 26.0 Å². The highest BCUT2D eigenvalue weighted by molar-refractivity contribution is 5.22. The molecule has 4 unspecified atom stereocenters. The highest BCUT2D eigenvalue weighted by Gasteiger charge is 2.27. The minimum Gasteiger partial charge on any atom is -0.307 e. The molecule has 0 radical (unpaired) electrons. The molecule has 1 aliphatic carbocycles. The Morgan fingerprint density at radius 2 is 1.95 bits per heavy atom. The largest absolute Gasteiger partial charge is 0.307 e. The summed E-state index contributed by atoms with van der Waals surface area (Å²) in [6.45, 7) is 6.42. The van der Waals surface area contributed by atoms with Crippen molar-refractivity contribution >= 4 is 0 Å². The Hall–Kier alpha value is -0.960. The summed E-state index contributed by atoms with van der Waals surface area (Å²) in [6.07, 6.45) is 3.53. The summed E-state index contributed by atoms with van der Waals surface area (Å²) in [5, 5.41) is 3.47. The van der Waals surface area contributed by atoms with Crippen LogP contribution < -0.4 is 5.32 Å². The molecule has 1 fully saturated rings. The molecule has 0 saturated heterocycles. The van der Waals surface area contributed by atoms with Crippen LogP contribution in [0.4, 0.5) is 8.78 Å². The molecule has 1 N–H and O–H groups in total. The molecule has 0 amide bonds. The van der Waals surface area contributed by atoms with Crippen LogP contribution in [0.5, 0.6) is 0 Å². The molecule has 19 heavy (non-hydrogen) atoms. The molecule has 1 saturated carbocycles. The summed E-state index contributed by atoms with van der Waals surface area (Å²) < 4.78 is 27.0. The van der Waals surface area contributed by atoms with Crippen molar-refractivity contribution in [3.63, 3.8) is 0 Å². The Morgan fingerprint density at radius 3 is 2.63 bits per heavy atom. The highest BCUT2D eigenvalue weighted by atomic mass is 19.2. The maximum absolute atomic E-state index is 13.8. The van der Waals surface area contributed by atoms with Gasteiger partial charge in [0.1, 0.15) is 0 Å². The second kappa shape index (κ2) is 6.00. The summed E-state index contributed by atoms with van der Waals surface area (Å²) in [6, 6.07) is 4.63. The van der Waals surface area contributed by atoms with E-state index < -0.39 is 11.6 Å². The summed E-state index contributed by atoms with van der Waals surface area (Å²) >= 11 is 0. The van der Waals surface area contributed by atoms with E-state index in [1.54, 1.807) is 12.1 Å². The molecule has 106 valence electrons. The Balaban J connectivity index is 2.04.